The van der Waals surface area contributed by atoms with Gasteiger partial charge in [0, 0.05) is 6.54 Å². The second-order valence-corrected chi connectivity index (χ2v) is 4.53. The number of benzene rings is 1. The van der Waals surface area contributed by atoms with E-state index < -0.39 is 0 Å². The van der Waals surface area contributed by atoms with E-state index in [1.54, 1.807) is 0 Å². The number of rotatable bonds is 7. The first-order valence-electron chi connectivity index (χ1n) is 6.12. The Morgan fingerprint density at radius 1 is 1.44 bits per heavy atom. The van der Waals surface area contributed by atoms with Crippen molar-refractivity contribution in [3.63, 3.8) is 0 Å². The third kappa shape index (κ3) is 6.21. The summed E-state index contributed by atoms with van der Waals surface area (Å²) in [6.45, 7) is 9.28. The Labute approximate surface area is 109 Å². The number of amides is 1. The molecular weight excluding hydrogens is 226 g/mol. The van der Waals surface area contributed by atoms with Crippen molar-refractivity contribution < 1.29 is 9.53 Å². The summed E-state index contributed by atoms with van der Waals surface area (Å²) in [5.41, 5.74) is 3.20. The molecule has 1 N–H and O–H groups in total. The van der Waals surface area contributed by atoms with Crippen molar-refractivity contribution in [2.75, 3.05) is 19.8 Å². The molecule has 1 aromatic rings. The predicted molar refractivity (Wildman–Crippen MR) is 73.5 cm³/mol. The number of nitrogens with one attached hydrogen (secondary N) is 1. The van der Waals surface area contributed by atoms with Crippen LogP contribution in [-0.2, 0) is 16.0 Å². The van der Waals surface area contributed by atoms with Crippen LogP contribution < -0.4 is 5.32 Å². The Morgan fingerprint density at radius 3 is 2.89 bits per heavy atom. The van der Waals surface area contributed by atoms with E-state index in [9.17, 15) is 4.79 Å². The van der Waals surface area contributed by atoms with Crippen LogP contribution in [0.5, 0.6) is 0 Å². The molecule has 98 valence electrons. The highest BCUT2D eigenvalue weighted by Gasteiger charge is 2.02. The van der Waals surface area contributed by atoms with Crippen molar-refractivity contribution in [2.24, 2.45) is 0 Å². The Kier molecular flexibility index (Phi) is 6.15. The van der Waals surface area contributed by atoms with Gasteiger partial charge in [0.1, 0.15) is 0 Å². The maximum atomic E-state index is 11.6. The van der Waals surface area contributed by atoms with Gasteiger partial charge in [-0.05, 0) is 19.4 Å². The minimum atomic E-state index is 0.0273. The van der Waals surface area contributed by atoms with Crippen LogP contribution in [0.2, 0.25) is 0 Å². The van der Waals surface area contributed by atoms with E-state index >= 15 is 0 Å². The molecule has 0 aliphatic rings. The Hall–Kier alpha value is -1.61. The van der Waals surface area contributed by atoms with Crippen LogP contribution in [0, 0.1) is 6.92 Å². The fourth-order valence-corrected chi connectivity index (χ4v) is 1.58. The van der Waals surface area contributed by atoms with E-state index in [4.69, 9.17) is 4.74 Å². The summed E-state index contributed by atoms with van der Waals surface area (Å²) in [5, 5.41) is 2.83. The number of carbonyl (C=O) groups excluding carboxylic acids is 1. The fraction of sp³-hybridized carbons (Fsp3) is 0.400. The van der Waals surface area contributed by atoms with Gasteiger partial charge in [0.2, 0.25) is 5.91 Å². The number of hydrogen-bond acceptors (Lipinski definition) is 2. The summed E-state index contributed by atoms with van der Waals surface area (Å²) in [5.74, 6) is 0.0273. The third-order valence-electron chi connectivity index (χ3n) is 2.36. The molecule has 0 aromatic heterocycles. The van der Waals surface area contributed by atoms with Gasteiger partial charge in [-0.3, -0.25) is 4.79 Å². The second-order valence-electron chi connectivity index (χ2n) is 4.53. The molecular formula is C15H21NO2. The first-order valence-corrected chi connectivity index (χ1v) is 6.12. The third-order valence-corrected chi connectivity index (χ3v) is 2.36. The Morgan fingerprint density at radius 2 is 2.22 bits per heavy atom. The van der Waals surface area contributed by atoms with Gasteiger partial charge in [-0.15, -0.1) is 0 Å². The van der Waals surface area contributed by atoms with Gasteiger partial charge in [0.05, 0.1) is 19.6 Å². The van der Waals surface area contributed by atoms with Crippen LogP contribution >= 0.6 is 0 Å². The van der Waals surface area contributed by atoms with Crippen molar-refractivity contribution in [1.29, 1.82) is 0 Å². The van der Waals surface area contributed by atoms with Gasteiger partial charge in [0.15, 0.2) is 0 Å². The van der Waals surface area contributed by atoms with E-state index in [1.165, 1.54) is 5.56 Å². The van der Waals surface area contributed by atoms with E-state index in [0.29, 0.717) is 26.2 Å². The zero-order chi connectivity index (χ0) is 13.4. The molecule has 0 fully saturated rings. The average Bonchev–Trinajstić information content (AvgIpc) is 2.28. The molecule has 0 saturated heterocycles. The number of hydrogen-bond donors (Lipinski definition) is 1. The van der Waals surface area contributed by atoms with Crippen molar-refractivity contribution in [3.05, 3.63) is 47.5 Å². The highest BCUT2D eigenvalue weighted by atomic mass is 16.5. The normalized spacial score (nSPS) is 10.1. The maximum Gasteiger partial charge on any atom is 0.224 e. The molecule has 0 bridgehead atoms. The van der Waals surface area contributed by atoms with Crippen molar-refractivity contribution in [2.45, 2.75) is 20.3 Å². The van der Waals surface area contributed by atoms with Crippen LogP contribution in [0.15, 0.2) is 36.4 Å². The van der Waals surface area contributed by atoms with Crippen LogP contribution in [0.3, 0.4) is 0 Å². The van der Waals surface area contributed by atoms with Gasteiger partial charge in [-0.1, -0.05) is 42.0 Å². The number of ether oxygens (including phenoxy) is 1. The molecule has 18 heavy (non-hydrogen) atoms. The standard InChI is InChI=1S/C15H21NO2/c1-12(2)11-18-8-7-16-15(17)10-14-6-4-5-13(3)9-14/h4-6,9H,1,7-8,10-11H2,2-3H3,(H,16,17). The van der Waals surface area contributed by atoms with Crippen molar-refractivity contribution in [3.8, 4) is 0 Å². The lowest BCUT2D eigenvalue weighted by atomic mass is 10.1. The number of aryl methyl sites for hydroxylation is 1. The Balaban J connectivity index is 2.20. The van der Waals surface area contributed by atoms with Gasteiger partial charge in [-0.25, -0.2) is 0 Å². The highest BCUT2D eigenvalue weighted by Crippen LogP contribution is 2.04. The van der Waals surface area contributed by atoms with Gasteiger partial charge < -0.3 is 10.1 Å². The van der Waals surface area contributed by atoms with Crippen molar-refractivity contribution in [1.82, 2.24) is 5.32 Å². The van der Waals surface area contributed by atoms with Crippen LogP contribution in [0.4, 0.5) is 0 Å². The maximum absolute atomic E-state index is 11.6. The lowest BCUT2D eigenvalue weighted by molar-refractivity contribution is -0.120. The van der Waals surface area contributed by atoms with Crippen LogP contribution in [-0.4, -0.2) is 25.7 Å². The number of carbonyl (C=O) groups is 1. The molecule has 3 heteroatoms. The quantitative estimate of drug-likeness (QED) is 0.593. The zero-order valence-electron chi connectivity index (χ0n) is 11.2. The molecule has 0 atom stereocenters. The second kappa shape index (κ2) is 7.67. The summed E-state index contributed by atoms with van der Waals surface area (Å²) >= 11 is 0. The smallest absolute Gasteiger partial charge is 0.224 e. The molecule has 0 unspecified atom stereocenters. The summed E-state index contributed by atoms with van der Waals surface area (Å²) < 4.78 is 5.30. The summed E-state index contributed by atoms with van der Waals surface area (Å²) in [7, 11) is 0. The van der Waals surface area contributed by atoms with E-state index in [2.05, 4.69) is 11.9 Å². The molecule has 0 aliphatic carbocycles. The molecule has 0 radical (unpaired) electrons. The van der Waals surface area contributed by atoms with Gasteiger partial charge >= 0.3 is 0 Å². The molecule has 3 nitrogen and oxygen atoms in total. The molecule has 0 saturated carbocycles. The molecule has 0 heterocycles. The first-order chi connectivity index (χ1) is 8.58. The minimum Gasteiger partial charge on any atom is -0.375 e. The van der Waals surface area contributed by atoms with Gasteiger partial charge in [-0.2, -0.15) is 0 Å². The molecule has 0 spiro atoms. The first kappa shape index (κ1) is 14.5. The monoisotopic (exact) mass is 247 g/mol. The summed E-state index contributed by atoms with van der Waals surface area (Å²) in [6.07, 6.45) is 0.419. The fourth-order valence-electron chi connectivity index (χ4n) is 1.58. The topological polar surface area (TPSA) is 38.3 Å². The summed E-state index contributed by atoms with van der Waals surface area (Å²) in [6, 6.07) is 7.97. The van der Waals surface area contributed by atoms with Crippen LogP contribution in [0.25, 0.3) is 0 Å². The lowest BCUT2D eigenvalue weighted by Gasteiger charge is -2.07. The van der Waals surface area contributed by atoms with E-state index in [0.717, 1.165) is 11.1 Å². The lowest BCUT2D eigenvalue weighted by Crippen LogP contribution is -2.28. The van der Waals surface area contributed by atoms with E-state index in [-0.39, 0.29) is 5.91 Å². The SMILES string of the molecule is C=C(C)COCCNC(=O)Cc1cccc(C)c1. The summed E-state index contributed by atoms with van der Waals surface area (Å²) in [4.78, 5) is 11.6. The van der Waals surface area contributed by atoms with E-state index in [1.807, 2.05) is 38.1 Å². The minimum absolute atomic E-state index is 0.0273. The molecule has 1 rings (SSSR count). The molecule has 0 aliphatic heterocycles. The molecule has 1 amide bonds. The van der Waals surface area contributed by atoms with Crippen LogP contribution in [0.1, 0.15) is 18.1 Å². The molecule has 1 aromatic carbocycles. The zero-order valence-corrected chi connectivity index (χ0v) is 11.2. The van der Waals surface area contributed by atoms with Gasteiger partial charge in [0.25, 0.3) is 0 Å². The average molecular weight is 247 g/mol. The Bertz CT molecular complexity index is 413. The highest BCUT2D eigenvalue weighted by molar-refractivity contribution is 5.78. The van der Waals surface area contributed by atoms with Crippen molar-refractivity contribution >= 4 is 5.91 Å². The predicted octanol–water partition coefficient (Wildman–Crippen LogP) is 2.25. The largest absolute Gasteiger partial charge is 0.375 e.